The summed E-state index contributed by atoms with van der Waals surface area (Å²) in [6.07, 6.45) is 1.84. The fourth-order valence-corrected chi connectivity index (χ4v) is 2.98. The van der Waals surface area contributed by atoms with E-state index in [1.54, 1.807) is 0 Å². The van der Waals surface area contributed by atoms with E-state index in [1.807, 2.05) is 18.3 Å². The Balaban J connectivity index is 1.91. The minimum Gasteiger partial charge on any atom is -0.379 e. The minimum atomic E-state index is -0.103. The summed E-state index contributed by atoms with van der Waals surface area (Å²) >= 11 is 0. The molecule has 1 saturated heterocycles. The van der Waals surface area contributed by atoms with Crippen molar-refractivity contribution in [2.45, 2.75) is 19.0 Å². The van der Waals surface area contributed by atoms with Crippen molar-refractivity contribution in [3.63, 3.8) is 0 Å². The van der Waals surface area contributed by atoms with Crippen LogP contribution in [-0.2, 0) is 4.74 Å². The van der Waals surface area contributed by atoms with Crippen molar-refractivity contribution in [1.82, 2.24) is 9.88 Å². The second-order valence-corrected chi connectivity index (χ2v) is 5.78. The van der Waals surface area contributed by atoms with E-state index in [9.17, 15) is 0 Å². The maximum Gasteiger partial charge on any atom is 0.0717 e. The van der Waals surface area contributed by atoms with E-state index in [1.165, 1.54) is 5.56 Å². The molecule has 2 atom stereocenters. The van der Waals surface area contributed by atoms with Crippen LogP contribution in [0.5, 0.6) is 0 Å². The van der Waals surface area contributed by atoms with E-state index in [2.05, 4.69) is 47.1 Å². The molecule has 116 valence electrons. The van der Waals surface area contributed by atoms with E-state index in [0.29, 0.717) is 0 Å². The number of morpholine rings is 1. The van der Waals surface area contributed by atoms with Gasteiger partial charge in [0.15, 0.2) is 0 Å². The summed E-state index contributed by atoms with van der Waals surface area (Å²) < 4.78 is 5.48. The fraction of sp³-hybridized carbons (Fsp3) is 0.389. The highest BCUT2D eigenvalue weighted by atomic mass is 16.5. The Morgan fingerprint density at radius 3 is 2.45 bits per heavy atom. The zero-order valence-corrected chi connectivity index (χ0v) is 13.0. The molecule has 4 nitrogen and oxygen atoms in total. The van der Waals surface area contributed by atoms with Gasteiger partial charge in [0.25, 0.3) is 0 Å². The van der Waals surface area contributed by atoms with Gasteiger partial charge in [-0.25, -0.2) is 0 Å². The van der Waals surface area contributed by atoms with Crippen molar-refractivity contribution in [1.29, 1.82) is 0 Å². The van der Waals surface area contributed by atoms with Crippen LogP contribution in [0.25, 0.3) is 0 Å². The predicted molar refractivity (Wildman–Crippen MR) is 87.5 cm³/mol. The van der Waals surface area contributed by atoms with Crippen molar-refractivity contribution < 1.29 is 4.74 Å². The Morgan fingerprint density at radius 2 is 1.82 bits per heavy atom. The van der Waals surface area contributed by atoms with Gasteiger partial charge in [0, 0.05) is 19.3 Å². The Bertz CT molecular complexity index is 579. The largest absolute Gasteiger partial charge is 0.379 e. The molecule has 2 unspecified atom stereocenters. The number of hydrogen-bond donors (Lipinski definition) is 1. The van der Waals surface area contributed by atoms with Gasteiger partial charge in [-0.1, -0.05) is 35.9 Å². The molecule has 0 aliphatic carbocycles. The van der Waals surface area contributed by atoms with Crippen LogP contribution in [0.1, 0.15) is 28.9 Å². The molecule has 1 aromatic carbocycles. The molecule has 4 heteroatoms. The lowest BCUT2D eigenvalue weighted by Gasteiger charge is -2.37. The van der Waals surface area contributed by atoms with Crippen molar-refractivity contribution in [2.24, 2.45) is 5.73 Å². The molecular weight excluding hydrogens is 274 g/mol. The highest BCUT2D eigenvalue weighted by molar-refractivity contribution is 5.27. The van der Waals surface area contributed by atoms with Gasteiger partial charge < -0.3 is 10.5 Å². The highest BCUT2D eigenvalue weighted by Gasteiger charge is 2.29. The standard InChI is InChI=1S/C18H23N3O/c1-14-5-7-15(8-6-14)17(19)18(16-4-2-3-9-20-16)21-10-12-22-13-11-21/h2-9,17-18H,10-13,19H2,1H3. The maximum atomic E-state index is 6.63. The summed E-state index contributed by atoms with van der Waals surface area (Å²) in [6, 6.07) is 14.5. The Labute approximate surface area is 131 Å². The quantitative estimate of drug-likeness (QED) is 0.942. The summed E-state index contributed by atoms with van der Waals surface area (Å²) in [5.74, 6) is 0. The van der Waals surface area contributed by atoms with Gasteiger partial charge in [-0.3, -0.25) is 9.88 Å². The number of benzene rings is 1. The van der Waals surface area contributed by atoms with E-state index >= 15 is 0 Å². The smallest absolute Gasteiger partial charge is 0.0717 e. The third-order valence-corrected chi connectivity index (χ3v) is 4.23. The first kappa shape index (κ1) is 15.2. The topological polar surface area (TPSA) is 51.4 Å². The third-order valence-electron chi connectivity index (χ3n) is 4.23. The van der Waals surface area contributed by atoms with E-state index in [0.717, 1.165) is 37.6 Å². The first-order valence-corrected chi connectivity index (χ1v) is 7.80. The first-order chi connectivity index (χ1) is 10.8. The van der Waals surface area contributed by atoms with Crippen LogP contribution < -0.4 is 5.73 Å². The number of nitrogens with zero attached hydrogens (tertiary/aromatic N) is 2. The van der Waals surface area contributed by atoms with Gasteiger partial charge in [0.05, 0.1) is 31.0 Å². The van der Waals surface area contributed by atoms with E-state index in [4.69, 9.17) is 10.5 Å². The Morgan fingerprint density at radius 1 is 1.09 bits per heavy atom. The van der Waals surface area contributed by atoms with Gasteiger partial charge >= 0.3 is 0 Å². The second kappa shape index (κ2) is 7.01. The predicted octanol–water partition coefficient (Wildman–Crippen LogP) is 2.46. The molecule has 0 spiro atoms. The highest BCUT2D eigenvalue weighted by Crippen LogP contribution is 2.31. The first-order valence-electron chi connectivity index (χ1n) is 7.80. The number of aryl methyl sites for hydroxylation is 1. The van der Waals surface area contributed by atoms with E-state index in [-0.39, 0.29) is 12.1 Å². The Hall–Kier alpha value is -1.75. The summed E-state index contributed by atoms with van der Waals surface area (Å²) in [6.45, 7) is 5.38. The van der Waals surface area contributed by atoms with E-state index < -0.39 is 0 Å². The molecule has 0 bridgehead atoms. The zero-order chi connectivity index (χ0) is 15.4. The Kier molecular flexibility index (Phi) is 4.83. The molecule has 1 aromatic heterocycles. The van der Waals surface area contributed by atoms with Crippen LogP contribution in [0, 0.1) is 6.92 Å². The number of ether oxygens (including phenoxy) is 1. The van der Waals surface area contributed by atoms with Crippen LogP contribution in [0.15, 0.2) is 48.7 Å². The van der Waals surface area contributed by atoms with Crippen molar-refractivity contribution in [3.8, 4) is 0 Å². The lowest BCUT2D eigenvalue weighted by atomic mass is 9.95. The number of hydrogen-bond acceptors (Lipinski definition) is 4. The molecule has 22 heavy (non-hydrogen) atoms. The molecule has 2 heterocycles. The average Bonchev–Trinajstić information content (AvgIpc) is 2.57. The second-order valence-electron chi connectivity index (χ2n) is 5.78. The summed E-state index contributed by atoms with van der Waals surface area (Å²) in [5, 5.41) is 0. The lowest BCUT2D eigenvalue weighted by Crippen LogP contribution is -2.43. The van der Waals surface area contributed by atoms with Crippen LogP contribution >= 0.6 is 0 Å². The molecule has 1 fully saturated rings. The number of rotatable bonds is 4. The molecular formula is C18H23N3O. The van der Waals surface area contributed by atoms with Crippen molar-refractivity contribution in [3.05, 3.63) is 65.5 Å². The monoisotopic (exact) mass is 297 g/mol. The molecule has 2 aromatic rings. The van der Waals surface area contributed by atoms with Gasteiger partial charge in [0.1, 0.15) is 0 Å². The normalized spacial score (nSPS) is 18.8. The van der Waals surface area contributed by atoms with Crippen LogP contribution in [0.3, 0.4) is 0 Å². The molecule has 1 aliphatic rings. The minimum absolute atomic E-state index is 0.0767. The summed E-state index contributed by atoms with van der Waals surface area (Å²) in [7, 11) is 0. The SMILES string of the molecule is Cc1ccc(C(N)C(c2ccccn2)N2CCOCC2)cc1. The van der Waals surface area contributed by atoms with Crippen molar-refractivity contribution in [2.75, 3.05) is 26.3 Å². The van der Waals surface area contributed by atoms with Gasteiger partial charge in [-0.2, -0.15) is 0 Å². The summed E-state index contributed by atoms with van der Waals surface area (Å²) in [5.41, 5.74) is 10.0. The fourth-order valence-electron chi connectivity index (χ4n) is 2.98. The van der Waals surface area contributed by atoms with Crippen molar-refractivity contribution >= 4 is 0 Å². The lowest BCUT2D eigenvalue weighted by molar-refractivity contribution is 0.00917. The number of nitrogens with two attached hydrogens (primary N) is 1. The molecule has 0 amide bonds. The molecule has 3 rings (SSSR count). The van der Waals surface area contributed by atoms with Gasteiger partial charge in [-0.15, -0.1) is 0 Å². The molecule has 1 aliphatic heterocycles. The zero-order valence-electron chi connectivity index (χ0n) is 13.0. The summed E-state index contributed by atoms with van der Waals surface area (Å²) in [4.78, 5) is 6.94. The number of aromatic nitrogens is 1. The van der Waals surface area contributed by atoms with Crippen LogP contribution in [0.2, 0.25) is 0 Å². The molecule has 0 saturated carbocycles. The number of pyridine rings is 1. The third kappa shape index (κ3) is 3.35. The maximum absolute atomic E-state index is 6.63. The molecule has 2 N–H and O–H groups in total. The van der Waals surface area contributed by atoms with Crippen LogP contribution in [-0.4, -0.2) is 36.2 Å². The molecule has 0 radical (unpaired) electrons. The van der Waals surface area contributed by atoms with Gasteiger partial charge in [0.2, 0.25) is 0 Å². The van der Waals surface area contributed by atoms with Crippen LogP contribution in [0.4, 0.5) is 0 Å². The average molecular weight is 297 g/mol. The van der Waals surface area contributed by atoms with Gasteiger partial charge in [-0.05, 0) is 24.6 Å².